The van der Waals surface area contributed by atoms with Gasteiger partial charge in [0.2, 0.25) is 11.9 Å². The van der Waals surface area contributed by atoms with Crippen LogP contribution >= 0.6 is 0 Å². The first-order valence-corrected chi connectivity index (χ1v) is 10.3. The van der Waals surface area contributed by atoms with Gasteiger partial charge in [0.1, 0.15) is 5.82 Å². The van der Waals surface area contributed by atoms with Crippen molar-refractivity contribution >= 4 is 22.9 Å². The molecule has 0 spiro atoms. The summed E-state index contributed by atoms with van der Waals surface area (Å²) in [5, 5.41) is 0. The lowest BCUT2D eigenvalue weighted by Gasteiger charge is -2.35. The summed E-state index contributed by atoms with van der Waals surface area (Å²) < 4.78 is 16.4. The molecule has 0 radical (unpaired) electrons. The van der Waals surface area contributed by atoms with E-state index in [2.05, 4.69) is 15.5 Å². The third-order valence-electron chi connectivity index (χ3n) is 6.12. The molecule has 150 valence electrons. The second kappa shape index (κ2) is 7.17. The topological polar surface area (TPSA) is 41.4 Å². The molecule has 5 rings (SSSR count). The Morgan fingerprint density at radius 2 is 1.86 bits per heavy atom. The third kappa shape index (κ3) is 3.48. The smallest absolute Gasteiger partial charge is 0.227 e. The van der Waals surface area contributed by atoms with Crippen LogP contribution in [0.3, 0.4) is 0 Å². The molecule has 5 nitrogen and oxygen atoms in total. The Bertz CT molecular complexity index is 1060. The average molecular weight is 392 g/mol. The maximum Gasteiger partial charge on any atom is 0.227 e. The summed E-state index contributed by atoms with van der Waals surface area (Å²) in [5.41, 5.74) is 3.66. The first-order valence-electron chi connectivity index (χ1n) is 10.3. The third-order valence-corrected chi connectivity index (χ3v) is 6.12. The number of rotatable bonds is 4. The molecule has 0 bridgehead atoms. The number of halogens is 1. The van der Waals surface area contributed by atoms with Crippen LogP contribution < -0.4 is 4.90 Å². The van der Waals surface area contributed by atoms with Gasteiger partial charge in [-0.15, -0.1) is 0 Å². The highest BCUT2D eigenvalue weighted by Gasteiger charge is 2.27. The van der Waals surface area contributed by atoms with Gasteiger partial charge in [0.05, 0.1) is 17.5 Å². The first kappa shape index (κ1) is 18.2. The molecule has 29 heavy (non-hydrogen) atoms. The van der Waals surface area contributed by atoms with E-state index in [1.165, 1.54) is 0 Å². The van der Waals surface area contributed by atoms with Gasteiger partial charge in [0, 0.05) is 33.2 Å². The van der Waals surface area contributed by atoms with Crippen LogP contribution in [0.4, 0.5) is 10.3 Å². The maximum atomic E-state index is 14.3. The second-order valence-corrected chi connectivity index (χ2v) is 8.13. The first-order chi connectivity index (χ1) is 14.1. The van der Waals surface area contributed by atoms with Gasteiger partial charge in [-0.25, -0.2) is 9.37 Å². The Balaban J connectivity index is 1.22. The molecular weight excluding hydrogens is 367 g/mol. The maximum absolute atomic E-state index is 14.3. The van der Waals surface area contributed by atoms with Gasteiger partial charge < -0.3 is 14.4 Å². The van der Waals surface area contributed by atoms with E-state index in [9.17, 15) is 9.18 Å². The zero-order valence-electron chi connectivity index (χ0n) is 16.6. The van der Waals surface area contributed by atoms with Crippen molar-refractivity contribution in [2.24, 2.45) is 7.05 Å². The van der Waals surface area contributed by atoms with E-state index in [4.69, 9.17) is 4.98 Å². The highest BCUT2D eigenvalue weighted by atomic mass is 19.1. The fourth-order valence-electron chi connectivity index (χ4n) is 4.26. The zero-order valence-corrected chi connectivity index (χ0v) is 16.6. The summed E-state index contributed by atoms with van der Waals surface area (Å²) in [6.45, 7) is 2.81. The summed E-state index contributed by atoms with van der Waals surface area (Å²) >= 11 is 0. The van der Waals surface area contributed by atoms with E-state index < -0.39 is 0 Å². The number of aryl methyl sites for hydroxylation is 1. The number of nitrogens with zero attached hydrogens (tertiary/aromatic N) is 4. The number of carbonyl (C=O) groups is 1. The van der Waals surface area contributed by atoms with Gasteiger partial charge in [0.15, 0.2) is 0 Å². The number of benzene rings is 2. The Morgan fingerprint density at radius 1 is 1.10 bits per heavy atom. The quantitative estimate of drug-likeness (QED) is 0.683. The van der Waals surface area contributed by atoms with Crippen LogP contribution in [0.5, 0.6) is 0 Å². The molecule has 2 heterocycles. The monoisotopic (exact) mass is 392 g/mol. The number of hydrogen-bond donors (Lipinski definition) is 0. The Labute approximate surface area is 169 Å². The largest absolute Gasteiger partial charge is 0.339 e. The highest BCUT2D eigenvalue weighted by Crippen LogP contribution is 2.41. The number of para-hydroxylation sites is 2. The molecule has 2 fully saturated rings. The zero-order chi connectivity index (χ0) is 20.0. The average Bonchev–Trinajstić information content (AvgIpc) is 3.52. The molecule has 1 saturated carbocycles. The van der Waals surface area contributed by atoms with Crippen molar-refractivity contribution in [3.63, 3.8) is 0 Å². The van der Waals surface area contributed by atoms with E-state index in [1.54, 1.807) is 6.07 Å². The van der Waals surface area contributed by atoms with Gasteiger partial charge in [-0.05, 0) is 48.1 Å². The van der Waals surface area contributed by atoms with Gasteiger partial charge in [-0.1, -0.05) is 24.3 Å². The van der Waals surface area contributed by atoms with Crippen molar-refractivity contribution in [1.29, 1.82) is 0 Å². The SMILES string of the molecule is Cn1c(N2CCN(C(=O)Cc3ccc(C4CC4)c(F)c3)CC2)nc2ccccc21. The summed E-state index contributed by atoms with van der Waals surface area (Å²) in [6.07, 6.45) is 2.41. The minimum absolute atomic E-state index is 0.0632. The molecule has 1 aliphatic heterocycles. The number of piperazine rings is 1. The highest BCUT2D eigenvalue weighted by molar-refractivity contribution is 5.80. The predicted molar refractivity (Wildman–Crippen MR) is 112 cm³/mol. The van der Waals surface area contributed by atoms with Crippen molar-refractivity contribution in [1.82, 2.24) is 14.5 Å². The summed E-state index contributed by atoms with van der Waals surface area (Å²) in [7, 11) is 2.03. The molecule has 1 amide bonds. The van der Waals surface area contributed by atoms with E-state index in [0.717, 1.165) is 54.0 Å². The standard InChI is InChI=1S/C23H25FN4O/c1-26-21-5-3-2-4-20(21)25-23(26)28-12-10-27(11-13-28)22(29)15-16-6-9-18(17-7-8-17)19(24)14-16/h2-6,9,14,17H,7-8,10-13,15H2,1H3. The van der Waals surface area contributed by atoms with Crippen LogP contribution in [0.25, 0.3) is 11.0 Å². The van der Waals surface area contributed by atoms with Crippen LogP contribution in [0.1, 0.15) is 29.9 Å². The lowest BCUT2D eigenvalue weighted by molar-refractivity contribution is -0.130. The van der Waals surface area contributed by atoms with Gasteiger partial charge >= 0.3 is 0 Å². The molecule has 6 heteroatoms. The molecule has 0 atom stereocenters. The molecule has 0 unspecified atom stereocenters. The van der Waals surface area contributed by atoms with E-state index in [0.29, 0.717) is 19.0 Å². The molecule has 1 aliphatic carbocycles. The Hall–Kier alpha value is -2.89. The van der Waals surface area contributed by atoms with Gasteiger partial charge in [-0.3, -0.25) is 4.79 Å². The Morgan fingerprint density at radius 3 is 2.55 bits per heavy atom. The predicted octanol–water partition coefficient (Wildman–Crippen LogP) is 3.48. The van der Waals surface area contributed by atoms with Crippen LogP contribution in [-0.2, 0) is 18.3 Å². The second-order valence-electron chi connectivity index (χ2n) is 8.13. The van der Waals surface area contributed by atoms with Crippen molar-refractivity contribution in [2.45, 2.75) is 25.2 Å². The normalized spacial score (nSPS) is 17.2. The lowest BCUT2D eigenvalue weighted by atomic mass is 10.0. The number of amides is 1. The van der Waals surface area contributed by atoms with Crippen LogP contribution in [0.15, 0.2) is 42.5 Å². The molecule has 3 aromatic rings. The number of aromatic nitrogens is 2. The number of carbonyl (C=O) groups excluding carboxylic acids is 1. The number of hydrogen-bond acceptors (Lipinski definition) is 3. The van der Waals surface area contributed by atoms with Crippen molar-refractivity contribution in [3.05, 3.63) is 59.4 Å². The fraction of sp³-hybridized carbons (Fsp3) is 0.391. The van der Waals surface area contributed by atoms with Gasteiger partial charge in [0.25, 0.3) is 0 Å². The molecular formula is C23H25FN4O. The van der Waals surface area contributed by atoms with Crippen LogP contribution in [0, 0.1) is 5.82 Å². The number of anilines is 1. The Kier molecular flexibility index (Phi) is 4.49. The summed E-state index contributed by atoms with van der Waals surface area (Å²) in [6, 6.07) is 13.4. The van der Waals surface area contributed by atoms with E-state index in [1.807, 2.05) is 42.3 Å². The molecule has 1 aromatic heterocycles. The summed E-state index contributed by atoms with van der Waals surface area (Å²) in [4.78, 5) is 21.6. The van der Waals surface area contributed by atoms with Gasteiger partial charge in [-0.2, -0.15) is 0 Å². The number of imidazole rings is 1. The minimum Gasteiger partial charge on any atom is -0.339 e. The van der Waals surface area contributed by atoms with Crippen molar-refractivity contribution < 1.29 is 9.18 Å². The van der Waals surface area contributed by atoms with E-state index in [-0.39, 0.29) is 18.1 Å². The molecule has 0 N–H and O–H groups in total. The van der Waals surface area contributed by atoms with Crippen molar-refractivity contribution in [3.8, 4) is 0 Å². The number of fused-ring (bicyclic) bond motifs is 1. The summed E-state index contributed by atoms with van der Waals surface area (Å²) in [5.74, 6) is 1.23. The van der Waals surface area contributed by atoms with Crippen LogP contribution in [-0.4, -0.2) is 46.5 Å². The molecule has 1 saturated heterocycles. The van der Waals surface area contributed by atoms with E-state index >= 15 is 0 Å². The minimum atomic E-state index is -0.163. The lowest BCUT2D eigenvalue weighted by Crippen LogP contribution is -2.49. The van der Waals surface area contributed by atoms with Crippen molar-refractivity contribution in [2.75, 3.05) is 31.1 Å². The van der Waals surface area contributed by atoms with Crippen LogP contribution in [0.2, 0.25) is 0 Å². The molecule has 2 aliphatic rings. The fourth-order valence-corrected chi connectivity index (χ4v) is 4.26. The molecule has 2 aromatic carbocycles.